The van der Waals surface area contributed by atoms with Gasteiger partial charge in [-0.25, -0.2) is 4.98 Å². The number of carbonyl (C=O) groups is 1. The van der Waals surface area contributed by atoms with Gasteiger partial charge in [-0.05, 0) is 13.8 Å². The molecule has 1 aromatic heterocycles. The summed E-state index contributed by atoms with van der Waals surface area (Å²) in [7, 11) is 0. The van der Waals surface area contributed by atoms with E-state index in [-0.39, 0.29) is 5.91 Å². The fourth-order valence-electron chi connectivity index (χ4n) is 2.22. The van der Waals surface area contributed by atoms with Crippen LogP contribution in [0.4, 0.5) is 5.82 Å². The lowest BCUT2D eigenvalue weighted by Gasteiger charge is -2.35. The molecular weight excluding hydrogens is 228 g/mol. The normalized spacial score (nSPS) is 15.9. The van der Waals surface area contributed by atoms with Crippen LogP contribution in [0.1, 0.15) is 24.7 Å². The maximum atomic E-state index is 11.6. The first kappa shape index (κ1) is 12.8. The van der Waals surface area contributed by atoms with Crippen LogP contribution in [0.15, 0.2) is 6.20 Å². The summed E-state index contributed by atoms with van der Waals surface area (Å²) in [6.45, 7) is 9.07. The van der Waals surface area contributed by atoms with Crippen molar-refractivity contribution in [2.75, 3.05) is 31.1 Å². The van der Waals surface area contributed by atoms with E-state index in [1.54, 1.807) is 6.20 Å². The van der Waals surface area contributed by atoms with Gasteiger partial charge in [0, 0.05) is 38.8 Å². The van der Waals surface area contributed by atoms with Gasteiger partial charge >= 0.3 is 0 Å². The van der Waals surface area contributed by atoms with E-state index in [1.807, 2.05) is 25.7 Å². The number of carbonyl (C=O) groups excluding carboxylic acids is 1. The van der Waals surface area contributed by atoms with Gasteiger partial charge in [-0.1, -0.05) is 6.92 Å². The van der Waals surface area contributed by atoms with Crippen LogP contribution in [0.25, 0.3) is 0 Å². The summed E-state index contributed by atoms with van der Waals surface area (Å²) in [5, 5.41) is 0. The second-order valence-corrected chi connectivity index (χ2v) is 4.64. The largest absolute Gasteiger partial charge is 0.352 e. The molecule has 0 atom stereocenters. The fraction of sp³-hybridized carbons (Fsp3) is 0.615. The van der Waals surface area contributed by atoms with Crippen LogP contribution in [-0.2, 0) is 4.79 Å². The van der Waals surface area contributed by atoms with Gasteiger partial charge in [-0.2, -0.15) is 0 Å². The maximum absolute atomic E-state index is 11.6. The Morgan fingerprint density at radius 2 is 1.94 bits per heavy atom. The topological polar surface area (TPSA) is 49.3 Å². The molecule has 5 nitrogen and oxygen atoms in total. The first-order valence-electron chi connectivity index (χ1n) is 6.44. The van der Waals surface area contributed by atoms with Crippen LogP contribution in [0.2, 0.25) is 0 Å². The van der Waals surface area contributed by atoms with Crippen LogP contribution >= 0.6 is 0 Å². The minimum Gasteiger partial charge on any atom is -0.352 e. The maximum Gasteiger partial charge on any atom is 0.222 e. The lowest BCUT2D eigenvalue weighted by Crippen LogP contribution is -2.49. The summed E-state index contributed by atoms with van der Waals surface area (Å²) in [6.07, 6.45) is 2.37. The number of aryl methyl sites for hydroxylation is 2. The van der Waals surface area contributed by atoms with Crippen molar-refractivity contribution in [3.8, 4) is 0 Å². The molecule has 2 rings (SSSR count). The van der Waals surface area contributed by atoms with Crippen molar-refractivity contribution in [1.82, 2.24) is 14.9 Å². The van der Waals surface area contributed by atoms with Gasteiger partial charge in [-0.3, -0.25) is 9.78 Å². The van der Waals surface area contributed by atoms with Gasteiger partial charge in [0.2, 0.25) is 5.91 Å². The van der Waals surface area contributed by atoms with Gasteiger partial charge < -0.3 is 9.80 Å². The van der Waals surface area contributed by atoms with Crippen LogP contribution in [-0.4, -0.2) is 47.0 Å². The highest BCUT2D eigenvalue weighted by molar-refractivity contribution is 5.76. The predicted molar refractivity (Wildman–Crippen MR) is 70.6 cm³/mol. The molecule has 1 aliphatic rings. The minimum absolute atomic E-state index is 0.238. The molecule has 0 unspecified atom stereocenters. The molecule has 1 amide bonds. The number of aromatic nitrogens is 2. The van der Waals surface area contributed by atoms with E-state index in [2.05, 4.69) is 14.9 Å². The summed E-state index contributed by atoms with van der Waals surface area (Å²) >= 11 is 0. The van der Waals surface area contributed by atoms with Gasteiger partial charge in [0.05, 0.1) is 11.4 Å². The number of piperazine rings is 1. The highest BCUT2D eigenvalue weighted by atomic mass is 16.2. The zero-order valence-corrected chi connectivity index (χ0v) is 11.3. The van der Waals surface area contributed by atoms with E-state index in [4.69, 9.17) is 0 Å². The lowest BCUT2D eigenvalue weighted by molar-refractivity contribution is -0.131. The molecule has 1 fully saturated rings. The Labute approximate surface area is 108 Å². The number of amides is 1. The Balaban J connectivity index is 2.05. The molecule has 0 bridgehead atoms. The fourth-order valence-corrected chi connectivity index (χ4v) is 2.22. The standard InChI is InChI=1S/C13H20N4O/c1-4-12(18)16-5-7-17(8-6-16)13-11(3)14-9-10(2)15-13/h9H,4-8H2,1-3H3. The lowest BCUT2D eigenvalue weighted by atomic mass is 10.2. The molecule has 0 radical (unpaired) electrons. The summed E-state index contributed by atoms with van der Waals surface area (Å²) in [5.41, 5.74) is 1.89. The summed E-state index contributed by atoms with van der Waals surface area (Å²) < 4.78 is 0. The molecule has 98 valence electrons. The predicted octanol–water partition coefficient (Wildman–Crippen LogP) is 1.15. The number of hydrogen-bond acceptors (Lipinski definition) is 4. The first-order chi connectivity index (χ1) is 8.61. The van der Waals surface area contributed by atoms with Gasteiger partial charge in [0.15, 0.2) is 0 Å². The van der Waals surface area contributed by atoms with Crippen molar-refractivity contribution < 1.29 is 4.79 Å². The van der Waals surface area contributed by atoms with E-state index < -0.39 is 0 Å². The zero-order chi connectivity index (χ0) is 13.1. The minimum atomic E-state index is 0.238. The van der Waals surface area contributed by atoms with E-state index >= 15 is 0 Å². The van der Waals surface area contributed by atoms with Crippen molar-refractivity contribution in [1.29, 1.82) is 0 Å². The molecule has 0 aromatic carbocycles. The highest BCUT2D eigenvalue weighted by Gasteiger charge is 2.22. The average molecular weight is 248 g/mol. The summed E-state index contributed by atoms with van der Waals surface area (Å²) in [6, 6.07) is 0. The summed E-state index contributed by atoms with van der Waals surface area (Å²) in [4.78, 5) is 24.6. The number of anilines is 1. The Kier molecular flexibility index (Phi) is 3.79. The molecule has 1 aromatic rings. The molecule has 0 spiro atoms. The van der Waals surface area contributed by atoms with Gasteiger partial charge in [0.1, 0.15) is 5.82 Å². The quantitative estimate of drug-likeness (QED) is 0.788. The molecule has 0 saturated carbocycles. The van der Waals surface area contributed by atoms with E-state index in [0.29, 0.717) is 6.42 Å². The van der Waals surface area contributed by atoms with Crippen molar-refractivity contribution in [3.63, 3.8) is 0 Å². The van der Waals surface area contributed by atoms with Crippen LogP contribution in [0, 0.1) is 13.8 Å². The van der Waals surface area contributed by atoms with Crippen molar-refractivity contribution in [2.24, 2.45) is 0 Å². The van der Waals surface area contributed by atoms with Crippen LogP contribution in [0.5, 0.6) is 0 Å². The van der Waals surface area contributed by atoms with E-state index in [9.17, 15) is 4.79 Å². The number of hydrogen-bond donors (Lipinski definition) is 0. The molecular formula is C13H20N4O. The van der Waals surface area contributed by atoms with Crippen LogP contribution in [0.3, 0.4) is 0 Å². The summed E-state index contributed by atoms with van der Waals surface area (Å²) in [5.74, 6) is 1.19. The van der Waals surface area contributed by atoms with Gasteiger partial charge in [-0.15, -0.1) is 0 Å². The Hall–Kier alpha value is -1.65. The molecule has 5 heteroatoms. The Morgan fingerprint density at radius 1 is 1.28 bits per heavy atom. The highest BCUT2D eigenvalue weighted by Crippen LogP contribution is 2.17. The molecule has 18 heavy (non-hydrogen) atoms. The SMILES string of the molecule is CCC(=O)N1CCN(c2nc(C)cnc2C)CC1. The van der Waals surface area contributed by atoms with Crippen molar-refractivity contribution >= 4 is 11.7 Å². The second-order valence-electron chi connectivity index (χ2n) is 4.64. The number of rotatable bonds is 2. The monoisotopic (exact) mass is 248 g/mol. The zero-order valence-electron chi connectivity index (χ0n) is 11.3. The molecule has 0 N–H and O–H groups in total. The smallest absolute Gasteiger partial charge is 0.222 e. The number of nitrogens with zero attached hydrogens (tertiary/aromatic N) is 4. The first-order valence-corrected chi connectivity index (χ1v) is 6.44. The third-order valence-corrected chi connectivity index (χ3v) is 3.29. The van der Waals surface area contributed by atoms with E-state index in [0.717, 1.165) is 43.4 Å². The van der Waals surface area contributed by atoms with E-state index in [1.165, 1.54) is 0 Å². The Morgan fingerprint density at radius 3 is 2.56 bits per heavy atom. The van der Waals surface area contributed by atoms with Crippen molar-refractivity contribution in [2.45, 2.75) is 27.2 Å². The molecule has 1 saturated heterocycles. The molecule has 1 aliphatic heterocycles. The van der Waals surface area contributed by atoms with Crippen molar-refractivity contribution in [3.05, 3.63) is 17.6 Å². The third-order valence-electron chi connectivity index (χ3n) is 3.29. The second kappa shape index (κ2) is 5.33. The molecule has 0 aliphatic carbocycles. The average Bonchev–Trinajstić information content (AvgIpc) is 2.41. The third kappa shape index (κ3) is 2.60. The van der Waals surface area contributed by atoms with Gasteiger partial charge in [0.25, 0.3) is 0 Å². The molecule has 2 heterocycles. The van der Waals surface area contributed by atoms with Crippen LogP contribution < -0.4 is 4.90 Å². The Bertz CT molecular complexity index is 439.